The summed E-state index contributed by atoms with van der Waals surface area (Å²) in [6, 6.07) is -0.805. The number of unbranched alkanes of at least 4 members (excludes halogenated alkanes) is 34. The van der Waals surface area contributed by atoms with Crippen LogP contribution in [0.3, 0.4) is 0 Å². The molecule has 7 atom stereocenters. The Kier molecular flexibility index (Phi) is 47.0. The lowest BCUT2D eigenvalue weighted by atomic mass is 9.99. The third-order valence-corrected chi connectivity index (χ3v) is 13.9. The molecule has 0 aliphatic carbocycles. The van der Waals surface area contributed by atoms with E-state index in [1.165, 1.54) is 199 Å². The van der Waals surface area contributed by atoms with Crippen molar-refractivity contribution in [3.05, 3.63) is 48.6 Å². The zero-order valence-electron chi connectivity index (χ0n) is 44.8. The van der Waals surface area contributed by atoms with Gasteiger partial charge in [0.05, 0.1) is 25.4 Å². The van der Waals surface area contributed by atoms with Gasteiger partial charge in [-0.1, -0.05) is 255 Å². The van der Waals surface area contributed by atoms with Crippen LogP contribution < -0.4 is 5.32 Å². The van der Waals surface area contributed by atoms with Crippen LogP contribution in [0.4, 0.5) is 0 Å². The molecule has 1 rings (SSSR count). The van der Waals surface area contributed by atoms with Gasteiger partial charge in [0.2, 0.25) is 5.91 Å². The van der Waals surface area contributed by atoms with Crippen molar-refractivity contribution in [2.45, 2.75) is 314 Å². The van der Waals surface area contributed by atoms with Gasteiger partial charge in [0.15, 0.2) is 6.29 Å². The number of aliphatic hydroxyl groups is 5. The highest BCUT2D eigenvalue weighted by Gasteiger charge is 2.44. The second-order valence-electron chi connectivity index (χ2n) is 20.4. The maximum Gasteiger partial charge on any atom is 0.220 e. The fourth-order valence-electron chi connectivity index (χ4n) is 9.22. The second-order valence-corrected chi connectivity index (χ2v) is 20.4. The normalized spacial score (nSPS) is 19.8. The summed E-state index contributed by atoms with van der Waals surface area (Å²) in [6.45, 7) is 3.78. The van der Waals surface area contributed by atoms with Crippen molar-refractivity contribution in [3.63, 3.8) is 0 Å². The average Bonchev–Trinajstić information content (AvgIpc) is 3.35. The molecule has 1 aliphatic rings. The van der Waals surface area contributed by atoms with Gasteiger partial charge in [-0.2, -0.15) is 0 Å². The maximum atomic E-state index is 13.0. The highest BCUT2D eigenvalue weighted by atomic mass is 16.7. The number of allylic oxidation sites excluding steroid dienone is 7. The molecule has 9 nitrogen and oxygen atoms in total. The molecule has 404 valence electrons. The van der Waals surface area contributed by atoms with E-state index in [0.717, 1.165) is 51.4 Å². The summed E-state index contributed by atoms with van der Waals surface area (Å²) in [5.74, 6) is -0.175. The number of carbonyl (C=O) groups is 1. The summed E-state index contributed by atoms with van der Waals surface area (Å²) in [5, 5.41) is 54.5. The van der Waals surface area contributed by atoms with E-state index in [0.29, 0.717) is 6.42 Å². The Labute approximate surface area is 424 Å². The average molecular weight is 975 g/mol. The topological polar surface area (TPSA) is 149 Å². The second kappa shape index (κ2) is 49.7. The highest BCUT2D eigenvalue weighted by molar-refractivity contribution is 5.76. The summed E-state index contributed by atoms with van der Waals surface area (Å²) >= 11 is 0. The number of hydrogen-bond acceptors (Lipinski definition) is 8. The minimum Gasteiger partial charge on any atom is -0.394 e. The van der Waals surface area contributed by atoms with E-state index >= 15 is 0 Å². The molecular weight excluding hydrogens is 863 g/mol. The molecule has 1 aliphatic heterocycles. The lowest BCUT2D eigenvalue weighted by Crippen LogP contribution is -2.60. The quantitative estimate of drug-likeness (QED) is 0.0261. The summed E-state index contributed by atoms with van der Waals surface area (Å²) in [7, 11) is 0. The predicted molar refractivity (Wildman–Crippen MR) is 290 cm³/mol. The first kappa shape index (κ1) is 65.2. The predicted octanol–water partition coefficient (Wildman–Crippen LogP) is 14.5. The molecular formula is C60H111NO8. The van der Waals surface area contributed by atoms with Crippen LogP contribution in [0.1, 0.15) is 271 Å². The van der Waals surface area contributed by atoms with E-state index in [4.69, 9.17) is 9.47 Å². The first-order valence-corrected chi connectivity index (χ1v) is 29.4. The first-order chi connectivity index (χ1) is 33.8. The number of amides is 1. The molecule has 0 aromatic rings. The summed E-state index contributed by atoms with van der Waals surface area (Å²) in [4.78, 5) is 13.0. The highest BCUT2D eigenvalue weighted by Crippen LogP contribution is 2.23. The van der Waals surface area contributed by atoms with E-state index in [1.807, 2.05) is 6.08 Å². The van der Waals surface area contributed by atoms with Crippen LogP contribution in [0.15, 0.2) is 48.6 Å². The summed E-state index contributed by atoms with van der Waals surface area (Å²) in [5.41, 5.74) is 0. The number of aliphatic hydroxyl groups excluding tert-OH is 5. The number of hydrogen-bond donors (Lipinski definition) is 6. The lowest BCUT2D eigenvalue weighted by Gasteiger charge is -2.40. The van der Waals surface area contributed by atoms with E-state index in [1.54, 1.807) is 6.08 Å². The van der Waals surface area contributed by atoms with Crippen LogP contribution in [-0.2, 0) is 14.3 Å². The minimum absolute atomic E-state index is 0.175. The Morgan fingerprint density at radius 1 is 0.493 bits per heavy atom. The largest absolute Gasteiger partial charge is 0.394 e. The minimum atomic E-state index is -1.57. The molecule has 1 fully saturated rings. The molecule has 0 aromatic heterocycles. The number of carbonyl (C=O) groups excluding carboxylic acids is 1. The molecule has 69 heavy (non-hydrogen) atoms. The standard InChI is InChI=1S/C60H111NO8/c1-3-5-7-9-11-13-15-17-19-20-21-22-23-24-25-26-27-28-29-30-31-32-33-34-36-38-40-42-44-46-48-50-56(64)61-53(52-68-60-59(67)58(66)57(65)55(51-62)69-60)54(63)49-47-45-43-41-39-37-35-18-16-14-12-10-8-6-4-2/h15,17,20-21,23-24,47,49,53-55,57-60,62-63,65-67H,3-14,16,18-19,22,25-46,48,50-52H2,1-2H3,(H,61,64)/b17-15-,21-20-,24-23-,49-47+. The Bertz CT molecular complexity index is 1220. The van der Waals surface area contributed by atoms with Gasteiger partial charge in [0.1, 0.15) is 24.4 Å². The van der Waals surface area contributed by atoms with Crippen LogP contribution in [0, 0.1) is 0 Å². The van der Waals surface area contributed by atoms with E-state index in [9.17, 15) is 30.3 Å². The van der Waals surface area contributed by atoms with Crippen molar-refractivity contribution >= 4 is 5.91 Å². The molecule has 0 radical (unpaired) electrons. The Hall–Kier alpha value is -1.85. The maximum absolute atomic E-state index is 13.0. The van der Waals surface area contributed by atoms with Crippen molar-refractivity contribution in [1.82, 2.24) is 5.32 Å². The fraction of sp³-hybridized carbons (Fsp3) is 0.850. The third-order valence-electron chi connectivity index (χ3n) is 13.9. The lowest BCUT2D eigenvalue weighted by molar-refractivity contribution is -0.302. The van der Waals surface area contributed by atoms with Gasteiger partial charge in [-0.3, -0.25) is 4.79 Å². The van der Waals surface area contributed by atoms with Crippen molar-refractivity contribution in [2.24, 2.45) is 0 Å². The van der Waals surface area contributed by atoms with Crippen LogP contribution in [-0.4, -0.2) is 87.5 Å². The molecule has 6 N–H and O–H groups in total. The van der Waals surface area contributed by atoms with Gasteiger partial charge in [-0.25, -0.2) is 0 Å². The molecule has 1 heterocycles. The van der Waals surface area contributed by atoms with Crippen molar-refractivity contribution in [2.75, 3.05) is 13.2 Å². The zero-order chi connectivity index (χ0) is 50.1. The SMILES string of the molecule is CCCCCCC/C=C\C/C=C\C/C=C\CCCCCCCCCCCCCCCCCCC(=O)NC(COC1OC(CO)C(O)C(O)C1O)C(O)/C=C/CCCCCCCCCCCCCCC. The van der Waals surface area contributed by atoms with Crippen LogP contribution in [0.2, 0.25) is 0 Å². The van der Waals surface area contributed by atoms with Gasteiger partial charge >= 0.3 is 0 Å². The van der Waals surface area contributed by atoms with E-state index in [-0.39, 0.29) is 12.5 Å². The molecule has 1 saturated heterocycles. The third kappa shape index (κ3) is 39.4. The first-order valence-electron chi connectivity index (χ1n) is 29.4. The molecule has 0 aromatic carbocycles. The van der Waals surface area contributed by atoms with Gasteiger partial charge in [0, 0.05) is 6.42 Å². The zero-order valence-corrected chi connectivity index (χ0v) is 44.8. The van der Waals surface area contributed by atoms with Crippen molar-refractivity contribution in [3.8, 4) is 0 Å². The van der Waals surface area contributed by atoms with Crippen LogP contribution >= 0.6 is 0 Å². The summed E-state index contributed by atoms with van der Waals surface area (Å²) < 4.78 is 11.3. The molecule has 7 unspecified atom stereocenters. The van der Waals surface area contributed by atoms with Crippen molar-refractivity contribution < 1.29 is 39.8 Å². The van der Waals surface area contributed by atoms with Crippen LogP contribution in [0.5, 0.6) is 0 Å². The fourth-order valence-corrected chi connectivity index (χ4v) is 9.22. The smallest absolute Gasteiger partial charge is 0.220 e. The molecule has 0 spiro atoms. The molecule has 9 heteroatoms. The van der Waals surface area contributed by atoms with Crippen molar-refractivity contribution in [1.29, 1.82) is 0 Å². The van der Waals surface area contributed by atoms with E-state index < -0.39 is 49.5 Å². The Balaban J connectivity index is 2.16. The molecule has 0 bridgehead atoms. The number of nitrogens with one attached hydrogen (secondary N) is 1. The van der Waals surface area contributed by atoms with Gasteiger partial charge in [-0.05, 0) is 57.8 Å². The molecule has 0 saturated carbocycles. The molecule has 1 amide bonds. The number of rotatable bonds is 50. The van der Waals surface area contributed by atoms with Gasteiger partial charge < -0.3 is 40.3 Å². The number of ether oxygens (including phenoxy) is 2. The van der Waals surface area contributed by atoms with E-state index in [2.05, 4.69) is 55.6 Å². The summed E-state index contributed by atoms with van der Waals surface area (Å²) in [6.07, 6.45) is 58.9. The monoisotopic (exact) mass is 974 g/mol. The van der Waals surface area contributed by atoms with Gasteiger partial charge in [-0.15, -0.1) is 0 Å². The van der Waals surface area contributed by atoms with Crippen LogP contribution in [0.25, 0.3) is 0 Å². The Morgan fingerprint density at radius 3 is 1.26 bits per heavy atom. The Morgan fingerprint density at radius 2 is 0.855 bits per heavy atom. The van der Waals surface area contributed by atoms with Gasteiger partial charge in [0.25, 0.3) is 0 Å².